The first-order valence-corrected chi connectivity index (χ1v) is 7.42. The van der Waals surface area contributed by atoms with Gasteiger partial charge >= 0.3 is 0 Å². The predicted octanol–water partition coefficient (Wildman–Crippen LogP) is 2.52. The van der Waals surface area contributed by atoms with Crippen LogP contribution in [0, 0.1) is 11.8 Å². The van der Waals surface area contributed by atoms with Gasteiger partial charge < -0.3 is 19.9 Å². The largest absolute Gasteiger partial charge is 0.489 e. The zero-order valence-electron chi connectivity index (χ0n) is 12.2. The third-order valence-corrected chi connectivity index (χ3v) is 4.20. The lowest BCUT2D eigenvalue weighted by atomic mass is 9.93. The van der Waals surface area contributed by atoms with Crippen LogP contribution < -0.4 is 15.2 Å². The van der Waals surface area contributed by atoms with Crippen molar-refractivity contribution in [2.24, 2.45) is 17.6 Å². The summed E-state index contributed by atoms with van der Waals surface area (Å²) in [6, 6.07) is 5.88. The maximum atomic E-state index is 6.37. The van der Waals surface area contributed by atoms with Crippen molar-refractivity contribution in [2.75, 3.05) is 19.8 Å². The quantitative estimate of drug-likeness (QED) is 0.902. The van der Waals surface area contributed by atoms with E-state index in [4.69, 9.17) is 19.9 Å². The highest BCUT2D eigenvalue weighted by Crippen LogP contribution is 2.36. The fraction of sp³-hybridized carbons (Fsp3) is 0.625. The van der Waals surface area contributed by atoms with Gasteiger partial charge in [-0.25, -0.2) is 0 Å². The van der Waals surface area contributed by atoms with Crippen LogP contribution in [0.2, 0.25) is 0 Å². The molecule has 20 heavy (non-hydrogen) atoms. The van der Waals surface area contributed by atoms with Crippen LogP contribution in [0.5, 0.6) is 11.5 Å². The van der Waals surface area contributed by atoms with Crippen LogP contribution in [0.4, 0.5) is 0 Å². The van der Waals surface area contributed by atoms with Crippen molar-refractivity contribution in [1.82, 2.24) is 0 Å². The van der Waals surface area contributed by atoms with E-state index in [2.05, 4.69) is 13.8 Å². The van der Waals surface area contributed by atoms with Crippen LogP contribution in [0.3, 0.4) is 0 Å². The van der Waals surface area contributed by atoms with E-state index in [-0.39, 0.29) is 12.1 Å². The molecule has 0 radical (unpaired) electrons. The van der Waals surface area contributed by atoms with E-state index in [1.807, 2.05) is 18.2 Å². The van der Waals surface area contributed by atoms with Gasteiger partial charge in [-0.2, -0.15) is 0 Å². The summed E-state index contributed by atoms with van der Waals surface area (Å²) in [5.41, 5.74) is 7.42. The first-order valence-electron chi connectivity index (χ1n) is 7.42. The third kappa shape index (κ3) is 2.63. The fourth-order valence-electron chi connectivity index (χ4n) is 2.84. The van der Waals surface area contributed by atoms with Gasteiger partial charge in [0.25, 0.3) is 0 Å². The van der Waals surface area contributed by atoms with Gasteiger partial charge in [0.2, 0.25) is 0 Å². The Kier molecular flexibility index (Phi) is 3.85. The smallest absolute Gasteiger partial charge is 0.161 e. The number of ether oxygens (including phenoxy) is 3. The van der Waals surface area contributed by atoms with Crippen LogP contribution >= 0.6 is 0 Å². The van der Waals surface area contributed by atoms with Gasteiger partial charge in [0.05, 0.1) is 25.4 Å². The third-order valence-electron chi connectivity index (χ3n) is 4.20. The van der Waals surface area contributed by atoms with Crippen molar-refractivity contribution in [3.8, 4) is 11.5 Å². The molecule has 0 spiro atoms. The van der Waals surface area contributed by atoms with Crippen molar-refractivity contribution in [3.63, 3.8) is 0 Å². The molecule has 4 unspecified atom stereocenters. The Morgan fingerprint density at radius 1 is 1.15 bits per heavy atom. The maximum Gasteiger partial charge on any atom is 0.161 e. The molecule has 1 aromatic carbocycles. The van der Waals surface area contributed by atoms with Gasteiger partial charge in [0.15, 0.2) is 11.5 Å². The molecule has 0 saturated carbocycles. The van der Waals surface area contributed by atoms with Crippen LogP contribution in [0.25, 0.3) is 0 Å². The van der Waals surface area contributed by atoms with Crippen molar-refractivity contribution >= 4 is 0 Å². The van der Waals surface area contributed by atoms with Gasteiger partial charge in [0.1, 0.15) is 0 Å². The summed E-state index contributed by atoms with van der Waals surface area (Å²) in [6.07, 6.45) is 1.18. The Bertz CT molecular complexity index is 477. The number of hydrogen-bond donors (Lipinski definition) is 1. The summed E-state index contributed by atoms with van der Waals surface area (Å²) >= 11 is 0. The van der Waals surface area contributed by atoms with Gasteiger partial charge in [-0.1, -0.05) is 19.9 Å². The predicted molar refractivity (Wildman–Crippen MR) is 77.0 cm³/mol. The highest BCUT2D eigenvalue weighted by molar-refractivity contribution is 5.44. The highest BCUT2D eigenvalue weighted by Gasteiger charge is 2.31. The van der Waals surface area contributed by atoms with Gasteiger partial charge in [0, 0.05) is 12.5 Å². The minimum atomic E-state index is -0.109. The molecular formula is C16H23NO3. The topological polar surface area (TPSA) is 53.7 Å². The molecule has 3 rings (SSSR count). The molecule has 4 atom stereocenters. The SMILES string of the molecule is CC1COc2ccc(C(N)C3OCCC3C)cc2OC1. The molecule has 1 saturated heterocycles. The lowest BCUT2D eigenvalue weighted by Crippen LogP contribution is -2.29. The van der Waals surface area contributed by atoms with Crippen molar-refractivity contribution < 1.29 is 14.2 Å². The summed E-state index contributed by atoms with van der Waals surface area (Å²) in [6.45, 7) is 6.50. The average molecular weight is 277 g/mol. The lowest BCUT2D eigenvalue weighted by molar-refractivity contribution is 0.0724. The summed E-state index contributed by atoms with van der Waals surface area (Å²) < 4.78 is 17.3. The number of hydrogen-bond acceptors (Lipinski definition) is 4. The van der Waals surface area contributed by atoms with Crippen molar-refractivity contribution in [2.45, 2.75) is 32.4 Å². The van der Waals surface area contributed by atoms with Crippen LogP contribution in [0.1, 0.15) is 31.9 Å². The van der Waals surface area contributed by atoms with Gasteiger partial charge in [-0.05, 0) is 30.0 Å². The zero-order chi connectivity index (χ0) is 14.1. The minimum absolute atomic E-state index is 0.0960. The van der Waals surface area contributed by atoms with Crippen LogP contribution in [-0.4, -0.2) is 25.9 Å². The lowest BCUT2D eigenvalue weighted by Gasteiger charge is -2.23. The second-order valence-corrected chi connectivity index (χ2v) is 6.06. The van der Waals surface area contributed by atoms with Crippen molar-refractivity contribution in [1.29, 1.82) is 0 Å². The monoisotopic (exact) mass is 277 g/mol. The molecule has 0 aromatic heterocycles. The molecular weight excluding hydrogens is 254 g/mol. The normalized spacial score (nSPS) is 30.9. The Labute approximate surface area is 120 Å². The maximum absolute atomic E-state index is 6.37. The number of nitrogens with two attached hydrogens (primary N) is 1. The molecule has 4 nitrogen and oxygen atoms in total. The average Bonchev–Trinajstić information content (AvgIpc) is 2.79. The van der Waals surface area contributed by atoms with E-state index in [1.54, 1.807) is 0 Å². The van der Waals surface area contributed by atoms with E-state index in [0.717, 1.165) is 30.1 Å². The summed E-state index contributed by atoms with van der Waals surface area (Å²) in [5.74, 6) is 2.51. The summed E-state index contributed by atoms with van der Waals surface area (Å²) in [4.78, 5) is 0. The fourth-order valence-corrected chi connectivity index (χ4v) is 2.84. The zero-order valence-corrected chi connectivity index (χ0v) is 12.2. The number of rotatable bonds is 2. The Morgan fingerprint density at radius 3 is 2.60 bits per heavy atom. The van der Waals surface area contributed by atoms with Gasteiger partial charge in [-0.15, -0.1) is 0 Å². The Morgan fingerprint density at radius 2 is 1.90 bits per heavy atom. The molecule has 2 aliphatic heterocycles. The molecule has 110 valence electrons. The molecule has 1 fully saturated rings. The number of benzene rings is 1. The molecule has 2 aliphatic rings. The molecule has 2 N–H and O–H groups in total. The van der Waals surface area contributed by atoms with Gasteiger partial charge in [-0.3, -0.25) is 0 Å². The molecule has 0 amide bonds. The van der Waals surface area contributed by atoms with E-state index < -0.39 is 0 Å². The second-order valence-electron chi connectivity index (χ2n) is 6.06. The molecule has 4 heteroatoms. The molecule has 2 heterocycles. The molecule has 0 aliphatic carbocycles. The van der Waals surface area contributed by atoms with Crippen LogP contribution in [-0.2, 0) is 4.74 Å². The standard InChI is InChI=1S/C16H23NO3/c1-10-8-19-13-4-3-12(7-14(13)20-9-10)15(17)16-11(2)5-6-18-16/h3-4,7,10-11,15-16H,5-6,8-9,17H2,1-2H3. The Balaban J connectivity index is 1.81. The van der Waals surface area contributed by atoms with E-state index in [0.29, 0.717) is 25.0 Å². The summed E-state index contributed by atoms with van der Waals surface area (Å²) in [7, 11) is 0. The highest BCUT2D eigenvalue weighted by atomic mass is 16.5. The Hall–Kier alpha value is -1.26. The minimum Gasteiger partial charge on any atom is -0.489 e. The molecule has 1 aromatic rings. The van der Waals surface area contributed by atoms with E-state index in [1.165, 1.54) is 0 Å². The number of fused-ring (bicyclic) bond motifs is 1. The first-order chi connectivity index (χ1) is 9.65. The van der Waals surface area contributed by atoms with E-state index >= 15 is 0 Å². The first kappa shape index (κ1) is 13.7. The second kappa shape index (κ2) is 5.62. The van der Waals surface area contributed by atoms with Crippen LogP contribution in [0.15, 0.2) is 18.2 Å². The van der Waals surface area contributed by atoms with E-state index in [9.17, 15) is 0 Å². The summed E-state index contributed by atoms with van der Waals surface area (Å²) in [5, 5.41) is 0. The van der Waals surface area contributed by atoms with Crippen molar-refractivity contribution in [3.05, 3.63) is 23.8 Å². The molecule has 0 bridgehead atoms.